The summed E-state index contributed by atoms with van der Waals surface area (Å²) in [5, 5.41) is 21.0. The van der Waals surface area contributed by atoms with Crippen LogP contribution in [0.15, 0.2) is 47.4 Å². The number of rotatable bonds is 4. The van der Waals surface area contributed by atoms with Crippen molar-refractivity contribution in [2.24, 2.45) is 0 Å². The highest BCUT2D eigenvalue weighted by molar-refractivity contribution is 7.90. The minimum atomic E-state index is -3.75. The highest BCUT2D eigenvalue weighted by Gasteiger charge is 2.28. The smallest absolute Gasteiger partial charge is 0.271 e. The van der Waals surface area contributed by atoms with Crippen molar-refractivity contribution < 1.29 is 28.0 Å². The summed E-state index contributed by atoms with van der Waals surface area (Å²) >= 11 is 0. The molecule has 1 aliphatic heterocycles. The van der Waals surface area contributed by atoms with Crippen molar-refractivity contribution in [3.05, 3.63) is 63.7 Å². The molecule has 1 saturated heterocycles. The molecule has 1 fully saturated rings. The number of hydrogen-bond acceptors (Lipinski definition) is 7. The Labute approximate surface area is 172 Å². The molecule has 1 aliphatic rings. The first-order valence-corrected chi connectivity index (χ1v) is 10.8. The molecule has 2 amide bonds. The summed E-state index contributed by atoms with van der Waals surface area (Å²) in [6.45, 7) is 0.726. The number of non-ortho nitro benzene ring substituents is 1. The number of benzene rings is 2. The quantitative estimate of drug-likeness (QED) is 0.566. The molecule has 2 aromatic rings. The number of aromatic hydroxyl groups is 1. The van der Waals surface area contributed by atoms with Crippen LogP contribution in [0.1, 0.15) is 20.7 Å². The van der Waals surface area contributed by atoms with Gasteiger partial charge in [-0.1, -0.05) is 12.1 Å². The highest BCUT2D eigenvalue weighted by Crippen LogP contribution is 2.23. The highest BCUT2D eigenvalue weighted by atomic mass is 32.2. The lowest BCUT2D eigenvalue weighted by atomic mass is 10.1. The molecule has 2 aromatic carbocycles. The molecular weight excluding hydrogens is 414 g/mol. The largest absolute Gasteiger partial charge is 0.507 e. The van der Waals surface area contributed by atoms with Crippen molar-refractivity contribution >= 4 is 27.3 Å². The minimum Gasteiger partial charge on any atom is -0.507 e. The van der Waals surface area contributed by atoms with Gasteiger partial charge in [-0.25, -0.2) is 8.42 Å². The predicted octanol–water partition coefficient (Wildman–Crippen LogP) is 1.30. The Bertz CT molecular complexity index is 1120. The number of piperazine rings is 1. The zero-order valence-corrected chi connectivity index (χ0v) is 16.8. The summed E-state index contributed by atoms with van der Waals surface area (Å²) in [6, 6.07) is 9.22. The van der Waals surface area contributed by atoms with E-state index in [1.807, 2.05) is 0 Å². The van der Waals surface area contributed by atoms with Gasteiger partial charge in [0.1, 0.15) is 5.75 Å². The molecule has 0 bridgehead atoms. The molecule has 0 radical (unpaired) electrons. The number of phenols is 1. The van der Waals surface area contributed by atoms with Crippen LogP contribution < -0.4 is 0 Å². The van der Waals surface area contributed by atoms with Gasteiger partial charge in [-0.05, 0) is 18.2 Å². The van der Waals surface area contributed by atoms with E-state index in [4.69, 9.17) is 0 Å². The molecule has 0 unspecified atom stereocenters. The van der Waals surface area contributed by atoms with Gasteiger partial charge in [-0.15, -0.1) is 0 Å². The van der Waals surface area contributed by atoms with Crippen molar-refractivity contribution in [1.82, 2.24) is 9.80 Å². The summed E-state index contributed by atoms with van der Waals surface area (Å²) < 4.78 is 23.7. The summed E-state index contributed by atoms with van der Waals surface area (Å²) in [4.78, 5) is 38.3. The summed E-state index contributed by atoms with van der Waals surface area (Å²) in [5.41, 5.74) is -0.437. The van der Waals surface area contributed by atoms with E-state index in [9.17, 15) is 33.2 Å². The van der Waals surface area contributed by atoms with Crippen LogP contribution >= 0.6 is 0 Å². The molecule has 0 atom stereocenters. The molecule has 0 spiro atoms. The molecule has 30 heavy (non-hydrogen) atoms. The van der Waals surface area contributed by atoms with Gasteiger partial charge in [0.05, 0.1) is 15.4 Å². The van der Waals surface area contributed by atoms with Crippen LogP contribution in [0.25, 0.3) is 0 Å². The van der Waals surface area contributed by atoms with E-state index >= 15 is 0 Å². The second kappa shape index (κ2) is 8.11. The van der Waals surface area contributed by atoms with E-state index in [1.54, 1.807) is 12.1 Å². The lowest BCUT2D eigenvalue weighted by Crippen LogP contribution is -2.50. The first-order valence-electron chi connectivity index (χ1n) is 8.94. The predicted molar refractivity (Wildman–Crippen MR) is 106 cm³/mol. The monoisotopic (exact) mass is 433 g/mol. The number of nitrogens with zero attached hydrogens (tertiary/aromatic N) is 3. The Hall–Kier alpha value is -3.47. The second-order valence-corrected chi connectivity index (χ2v) is 8.86. The van der Waals surface area contributed by atoms with Gasteiger partial charge in [0, 0.05) is 50.1 Å². The van der Waals surface area contributed by atoms with E-state index in [0.717, 1.165) is 24.5 Å². The Morgan fingerprint density at radius 2 is 1.57 bits per heavy atom. The number of hydrogen-bond donors (Lipinski definition) is 1. The fourth-order valence-electron chi connectivity index (χ4n) is 3.15. The van der Waals surface area contributed by atoms with Gasteiger partial charge >= 0.3 is 0 Å². The summed E-state index contributed by atoms with van der Waals surface area (Å²) in [7, 11) is -3.75. The third kappa shape index (κ3) is 4.40. The van der Waals surface area contributed by atoms with E-state index < -0.39 is 26.4 Å². The number of carbonyl (C=O) groups is 2. The molecule has 10 nitrogen and oxygen atoms in total. The number of nitro groups is 1. The Morgan fingerprint density at radius 3 is 2.10 bits per heavy atom. The van der Waals surface area contributed by atoms with E-state index in [-0.39, 0.29) is 53.9 Å². The number of para-hydroxylation sites is 1. The first-order chi connectivity index (χ1) is 14.1. The molecular formula is C19H19N3O7S. The van der Waals surface area contributed by atoms with Crippen LogP contribution in [0.4, 0.5) is 5.69 Å². The number of sulfone groups is 1. The van der Waals surface area contributed by atoms with Crippen LogP contribution in [-0.2, 0) is 9.84 Å². The summed E-state index contributed by atoms with van der Waals surface area (Å²) in [5.74, 6) is -1.06. The third-order valence-corrected chi connectivity index (χ3v) is 5.86. The van der Waals surface area contributed by atoms with Gasteiger partial charge in [0.2, 0.25) is 0 Å². The maximum absolute atomic E-state index is 12.8. The van der Waals surface area contributed by atoms with Crippen molar-refractivity contribution in [3.63, 3.8) is 0 Å². The molecule has 11 heteroatoms. The fraction of sp³-hybridized carbons (Fsp3) is 0.263. The van der Waals surface area contributed by atoms with Gasteiger partial charge in [-0.3, -0.25) is 19.7 Å². The molecule has 1 heterocycles. The van der Waals surface area contributed by atoms with Crippen molar-refractivity contribution in [1.29, 1.82) is 0 Å². The molecule has 0 aliphatic carbocycles. The van der Waals surface area contributed by atoms with Crippen LogP contribution in [0.2, 0.25) is 0 Å². The summed E-state index contributed by atoms with van der Waals surface area (Å²) in [6.07, 6.45) is 0.906. The van der Waals surface area contributed by atoms with Gasteiger partial charge in [-0.2, -0.15) is 0 Å². The maximum Gasteiger partial charge on any atom is 0.271 e. The number of nitro benzene ring substituents is 1. The minimum absolute atomic E-state index is 0.106. The van der Waals surface area contributed by atoms with Crippen LogP contribution in [-0.4, -0.2) is 72.5 Å². The number of amides is 2. The van der Waals surface area contributed by atoms with Crippen molar-refractivity contribution in [3.8, 4) is 5.75 Å². The second-order valence-electron chi connectivity index (χ2n) is 6.85. The van der Waals surface area contributed by atoms with E-state index in [2.05, 4.69) is 0 Å². The van der Waals surface area contributed by atoms with Crippen molar-refractivity contribution in [2.75, 3.05) is 32.4 Å². The standard InChI is InChI=1S/C19H19N3O7S/c1-30(28,29)15-11-13(10-14(12-15)22(26)27)18(24)20-6-8-21(9-7-20)19(25)16-4-2-3-5-17(16)23/h2-5,10-12,23H,6-9H2,1H3. The van der Waals surface area contributed by atoms with Gasteiger partial charge in [0.15, 0.2) is 9.84 Å². The zero-order valence-electron chi connectivity index (χ0n) is 16.0. The van der Waals surface area contributed by atoms with Crippen LogP contribution in [0.5, 0.6) is 5.75 Å². The number of phenolic OH excluding ortho intramolecular Hbond substituents is 1. The Kier molecular flexibility index (Phi) is 5.74. The SMILES string of the molecule is CS(=O)(=O)c1cc(C(=O)N2CCN(C(=O)c3ccccc3O)CC2)cc([N+](=O)[O-])c1. The van der Waals surface area contributed by atoms with Gasteiger partial charge in [0.25, 0.3) is 17.5 Å². The van der Waals surface area contributed by atoms with E-state index in [1.165, 1.54) is 21.9 Å². The molecule has 0 aromatic heterocycles. The normalized spacial score (nSPS) is 14.4. The van der Waals surface area contributed by atoms with E-state index in [0.29, 0.717) is 0 Å². The third-order valence-electron chi connectivity index (χ3n) is 4.77. The lowest BCUT2D eigenvalue weighted by molar-refractivity contribution is -0.385. The lowest BCUT2D eigenvalue weighted by Gasteiger charge is -2.35. The first kappa shape index (κ1) is 21.2. The average molecular weight is 433 g/mol. The van der Waals surface area contributed by atoms with Crippen LogP contribution in [0.3, 0.4) is 0 Å². The fourth-order valence-corrected chi connectivity index (χ4v) is 3.82. The molecule has 1 N–H and O–H groups in total. The Morgan fingerprint density at radius 1 is 1.00 bits per heavy atom. The zero-order chi connectivity index (χ0) is 22.1. The average Bonchev–Trinajstić information content (AvgIpc) is 2.72. The van der Waals surface area contributed by atoms with Crippen LogP contribution in [0, 0.1) is 10.1 Å². The number of carbonyl (C=O) groups excluding carboxylic acids is 2. The molecule has 3 rings (SSSR count). The molecule has 0 saturated carbocycles. The van der Waals surface area contributed by atoms with Gasteiger partial charge < -0.3 is 14.9 Å². The maximum atomic E-state index is 12.8. The Balaban J connectivity index is 1.77. The van der Waals surface area contributed by atoms with Crippen molar-refractivity contribution in [2.45, 2.75) is 4.90 Å². The molecule has 158 valence electrons. The topological polar surface area (TPSA) is 138 Å².